The van der Waals surface area contributed by atoms with Crippen molar-refractivity contribution in [3.05, 3.63) is 77.7 Å². The third kappa shape index (κ3) is 4.38. The molecule has 0 spiro atoms. The molecule has 0 atom stereocenters. The standard InChI is InChI=1S/C18H13ClN2O4S/c19-12-3-1-4-15(11-12)25-18(23)21(26)14-8-6-13(7-9-14)20-17(22)16-5-2-10-24-16/h1-11,26H,(H,20,22). The number of nitrogens with one attached hydrogen (secondary N) is 1. The maximum atomic E-state index is 12.1. The summed E-state index contributed by atoms with van der Waals surface area (Å²) in [5, 5.41) is 3.13. The van der Waals surface area contributed by atoms with Crippen LogP contribution in [-0.2, 0) is 0 Å². The lowest BCUT2D eigenvalue weighted by Gasteiger charge is -2.16. The summed E-state index contributed by atoms with van der Waals surface area (Å²) < 4.78 is 11.3. The molecule has 1 N–H and O–H groups in total. The van der Waals surface area contributed by atoms with Gasteiger partial charge in [-0.25, -0.2) is 9.10 Å². The van der Waals surface area contributed by atoms with E-state index in [0.29, 0.717) is 22.1 Å². The minimum absolute atomic E-state index is 0.204. The largest absolute Gasteiger partial charge is 0.459 e. The van der Waals surface area contributed by atoms with Crippen LogP contribution in [0.3, 0.4) is 0 Å². The van der Waals surface area contributed by atoms with Gasteiger partial charge in [-0.2, -0.15) is 0 Å². The van der Waals surface area contributed by atoms with Crippen LogP contribution in [0.4, 0.5) is 16.2 Å². The third-order valence-corrected chi connectivity index (χ3v) is 3.92. The molecule has 0 aliphatic rings. The Labute approximate surface area is 159 Å². The summed E-state index contributed by atoms with van der Waals surface area (Å²) in [6.07, 6.45) is 0.727. The summed E-state index contributed by atoms with van der Waals surface area (Å²) >= 11 is 10.0. The van der Waals surface area contributed by atoms with E-state index in [1.807, 2.05) is 0 Å². The average Bonchev–Trinajstić information content (AvgIpc) is 3.16. The molecule has 6 nitrogen and oxygen atoms in total. The summed E-state index contributed by atoms with van der Waals surface area (Å²) in [4.78, 5) is 24.1. The maximum absolute atomic E-state index is 12.1. The predicted octanol–water partition coefficient (Wildman–Crippen LogP) is 5.04. The summed E-state index contributed by atoms with van der Waals surface area (Å²) in [5.74, 6) is 0.143. The number of furan rings is 1. The molecular weight excluding hydrogens is 376 g/mol. The fourth-order valence-corrected chi connectivity index (χ4v) is 2.42. The van der Waals surface area contributed by atoms with Crippen LogP contribution >= 0.6 is 24.4 Å². The van der Waals surface area contributed by atoms with Crippen LogP contribution in [0.1, 0.15) is 10.6 Å². The van der Waals surface area contributed by atoms with Gasteiger partial charge in [0.15, 0.2) is 5.76 Å². The lowest BCUT2D eigenvalue weighted by atomic mass is 10.2. The molecule has 0 aliphatic heterocycles. The Balaban J connectivity index is 1.63. The maximum Gasteiger partial charge on any atom is 0.429 e. The molecular formula is C18H13ClN2O4S. The third-order valence-electron chi connectivity index (χ3n) is 3.29. The molecule has 0 saturated heterocycles. The predicted molar refractivity (Wildman–Crippen MR) is 102 cm³/mol. The number of anilines is 2. The Morgan fingerprint density at radius 3 is 2.50 bits per heavy atom. The quantitative estimate of drug-likeness (QED) is 0.614. The van der Waals surface area contributed by atoms with Gasteiger partial charge in [0, 0.05) is 10.7 Å². The van der Waals surface area contributed by atoms with E-state index < -0.39 is 6.09 Å². The highest BCUT2D eigenvalue weighted by Crippen LogP contribution is 2.23. The minimum Gasteiger partial charge on any atom is -0.459 e. The molecule has 1 aromatic heterocycles. The van der Waals surface area contributed by atoms with Crippen molar-refractivity contribution in [3.63, 3.8) is 0 Å². The number of benzene rings is 2. The number of ether oxygens (including phenoxy) is 1. The van der Waals surface area contributed by atoms with Crippen molar-refractivity contribution >= 4 is 47.8 Å². The molecule has 0 bridgehead atoms. The van der Waals surface area contributed by atoms with Crippen LogP contribution in [0.2, 0.25) is 5.02 Å². The molecule has 2 amide bonds. The van der Waals surface area contributed by atoms with Gasteiger partial charge in [0.1, 0.15) is 5.75 Å². The van der Waals surface area contributed by atoms with E-state index >= 15 is 0 Å². The monoisotopic (exact) mass is 388 g/mol. The number of hydrogen-bond acceptors (Lipinski definition) is 5. The topological polar surface area (TPSA) is 71.8 Å². The molecule has 0 aliphatic carbocycles. The first-order valence-electron chi connectivity index (χ1n) is 7.44. The van der Waals surface area contributed by atoms with Crippen molar-refractivity contribution in [3.8, 4) is 5.75 Å². The van der Waals surface area contributed by atoms with E-state index in [4.69, 9.17) is 20.8 Å². The first-order valence-corrected chi connectivity index (χ1v) is 8.22. The normalized spacial score (nSPS) is 10.2. The molecule has 3 aromatic rings. The van der Waals surface area contributed by atoms with E-state index in [1.165, 1.54) is 12.3 Å². The van der Waals surface area contributed by atoms with Gasteiger partial charge >= 0.3 is 6.09 Å². The number of amides is 2. The molecule has 8 heteroatoms. The average molecular weight is 389 g/mol. The highest BCUT2D eigenvalue weighted by molar-refractivity contribution is 7.82. The van der Waals surface area contributed by atoms with Crippen LogP contribution in [0.25, 0.3) is 0 Å². The van der Waals surface area contributed by atoms with E-state index in [0.717, 1.165) is 4.31 Å². The Morgan fingerprint density at radius 2 is 1.85 bits per heavy atom. The number of halogens is 1. The summed E-state index contributed by atoms with van der Waals surface area (Å²) in [7, 11) is 0. The number of carbonyl (C=O) groups excluding carboxylic acids is 2. The van der Waals surface area contributed by atoms with E-state index in [-0.39, 0.29) is 11.7 Å². The van der Waals surface area contributed by atoms with E-state index in [2.05, 4.69) is 18.1 Å². The van der Waals surface area contributed by atoms with Gasteiger partial charge in [0.2, 0.25) is 0 Å². The zero-order valence-electron chi connectivity index (χ0n) is 13.3. The first kappa shape index (κ1) is 17.9. The van der Waals surface area contributed by atoms with Gasteiger partial charge in [-0.3, -0.25) is 4.79 Å². The Morgan fingerprint density at radius 1 is 1.08 bits per heavy atom. The number of carbonyl (C=O) groups is 2. The first-order chi connectivity index (χ1) is 12.5. The lowest BCUT2D eigenvalue weighted by Crippen LogP contribution is -2.24. The van der Waals surface area contributed by atoms with Crippen molar-refractivity contribution in [2.75, 3.05) is 9.62 Å². The summed E-state index contributed by atoms with van der Waals surface area (Å²) in [5.41, 5.74) is 1.01. The van der Waals surface area contributed by atoms with Crippen LogP contribution in [0, 0.1) is 0 Å². The second-order valence-electron chi connectivity index (χ2n) is 5.12. The second kappa shape index (κ2) is 7.99. The molecule has 0 saturated carbocycles. The van der Waals surface area contributed by atoms with Crippen LogP contribution in [0.5, 0.6) is 5.75 Å². The van der Waals surface area contributed by atoms with Gasteiger partial charge < -0.3 is 14.5 Å². The zero-order chi connectivity index (χ0) is 18.5. The molecule has 0 unspecified atom stereocenters. The molecule has 26 heavy (non-hydrogen) atoms. The number of nitrogens with zero attached hydrogens (tertiary/aromatic N) is 1. The molecule has 0 fully saturated rings. The lowest BCUT2D eigenvalue weighted by molar-refractivity contribution is 0.0996. The molecule has 2 aromatic carbocycles. The molecule has 132 valence electrons. The van der Waals surface area contributed by atoms with Gasteiger partial charge in [0.25, 0.3) is 5.91 Å². The highest BCUT2D eigenvalue weighted by Gasteiger charge is 2.15. The van der Waals surface area contributed by atoms with Gasteiger partial charge in [-0.15, -0.1) is 0 Å². The van der Waals surface area contributed by atoms with Crippen molar-refractivity contribution in [1.82, 2.24) is 0 Å². The Bertz CT molecular complexity index is 913. The van der Waals surface area contributed by atoms with Crippen molar-refractivity contribution < 1.29 is 18.7 Å². The van der Waals surface area contributed by atoms with Crippen LogP contribution in [-0.4, -0.2) is 12.0 Å². The van der Waals surface area contributed by atoms with E-state index in [9.17, 15) is 9.59 Å². The Kier molecular flexibility index (Phi) is 5.50. The minimum atomic E-state index is -0.692. The van der Waals surface area contributed by atoms with Crippen molar-refractivity contribution in [2.45, 2.75) is 0 Å². The van der Waals surface area contributed by atoms with Gasteiger partial charge in [-0.05, 0) is 54.6 Å². The van der Waals surface area contributed by atoms with Gasteiger partial charge in [-0.1, -0.05) is 30.5 Å². The van der Waals surface area contributed by atoms with Gasteiger partial charge in [0.05, 0.1) is 12.0 Å². The van der Waals surface area contributed by atoms with E-state index in [1.54, 1.807) is 54.6 Å². The molecule has 3 rings (SSSR count). The van der Waals surface area contributed by atoms with Crippen LogP contribution < -0.4 is 14.4 Å². The fourth-order valence-electron chi connectivity index (χ4n) is 2.07. The summed E-state index contributed by atoms with van der Waals surface area (Å²) in [6, 6.07) is 16.2. The van der Waals surface area contributed by atoms with Crippen molar-refractivity contribution in [1.29, 1.82) is 0 Å². The van der Waals surface area contributed by atoms with Crippen LogP contribution in [0.15, 0.2) is 71.3 Å². The SMILES string of the molecule is O=C(Nc1ccc(N(S)C(=O)Oc2cccc(Cl)c2)cc1)c1ccco1. The fraction of sp³-hybridized carbons (Fsp3) is 0. The zero-order valence-corrected chi connectivity index (χ0v) is 14.9. The second-order valence-corrected chi connectivity index (χ2v) is 5.95. The number of thiol groups is 1. The Hall–Kier alpha value is -2.90. The molecule has 1 heterocycles. The number of rotatable bonds is 4. The summed E-state index contributed by atoms with van der Waals surface area (Å²) in [6.45, 7) is 0. The van der Waals surface area contributed by atoms with Crippen molar-refractivity contribution in [2.24, 2.45) is 0 Å². The smallest absolute Gasteiger partial charge is 0.429 e. The number of hydrogen-bond donors (Lipinski definition) is 2. The highest BCUT2D eigenvalue weighted by atomic mass is 35.5. The molecule has 0 radical (unpaired) electrons.